The number of anilines is 1. The van der Waals surface area contributed by atoms with Crippen molar-refractivity contribution in [1.82, 2.24) is 4.90 Å². The van der Waals surface area contributed by atoms with Gasteiger partial charge in [-0.3, -0.25) is 4.90 Å². The molecule has 0 amide bonds. The monoisotopic (exact) mass is 324 g/mol. The second kappa shape index (κ2) is 7.27. The van der Waals surface area contributed by atoms with Crippen molar-refractivity contribution in [2.45, 2.75) is 27.3 Å². The van der Waals surface area contributed by atoms with Gasteiger partial charge in [-0.25, -0.2) is 0 Å². The third-order valence-corrected chi connectivity index (χ3v) is 5.23. The fourth-order valence-corrected chi connectivity index (χ4v) is 3.41. The molecule has 24 heavy (non-hydrogen) atoms. The number of hydrogen-bond acceptors (Lipinski definition) is 3. The summed E-state index contributed by atoms with van der Waals surface area (Å²) >= 11 is 0. The van der Waals surface area contributed by atoms with Crippen LogP contribution >= 0.6 is 0 Å². The first-order valence-electron chi connectivity index (χ1n) is 8.75. The molecule has 0 N–H and O–H groups in total. The van der Waals surface area contributed by atoms with E-state index in [4.69, 9.17) is 4.74 Å². The largest absolute Gasteiger partial charge is 0.496 e. The number of methoxy groups -OCH3 is 1. The average Bonchev–Trinajstić information content (AvgIpc) is 2.61. The molecule has 128 valence electrons. The van der Waals surface area contributed by atoms with Gasteiger partial charge in [-0.05, 0) is 55.7 Å². The maximum atomic E-state index is 5.42. The van der Waals surface area contributed by atoms with Gasteiger partial charge in [-0.1, -0.05) is 23.8 Å². The van der Waals surface area contributed by atoms with Gasteiger partial charge in [0.1, 0.15) is 5.75 Å². The lowest BCUT2D eigenvalue weighted by atomic mass is 10.0. The maximum Gasteiger partial charge on any atom is 0.122 e. The molecule has 3 heteroatoms. The van der Waals surface area contributed by atoms with E-state index in [1.165, 1.54) is 27.9 Å². The molecule has 0 unspecified atom stereocenters. The molecule has 1 aliphatic heterocycles. The Labute approximate surface area is 145 Å². The summed E-state index contributed by atoms with van der Waals surface area (Å²) in [5.74, 6) is 0.987. The van der Waals surface area contributed by atoms with E-state index in [0.717, 1.165) is 38.5 Å². The van der Waals surface area contributed by atoms with Crippen molar-refractivity contribution in [1.29, 1.82) is 0 Å². The van der Waals surface area contributed by atoms with Crippen LogP contribution < -0.4 is 9.64 Å². The van der Waals surface area contributed by atoms with E-state index in [-0.39, 0.29) is 0 Å². The van der Waals surface area contributed by atoms with E-state index in [0.29, 0.717) is 0 Å². The normalized spacial score (nSPS) is 15.6. The minimum Gasteiger partial charge on any atom is -0.496 e. The van der Waals surface area contributed by atoms with E-state index >= 15 is 0 Å². The smallest absolute Gasteiger partial charge is 0.122 e. The summed E-state index contributed by atoms with van der Waals surface area (Å²) in [6, 6.07) is 13.2. The highest BCUT2D eigenvalue weighted by Crippen LogP contribution is 2.25. The van der Waals surface area contributed by atoms with Gasteiger partial charge in [0.05, 0.1) is 7.11 Å². The molecule has 2 aromatic rings. The third-order valence-electron chi connectivity index (χ3n) is 5.23. The Morgan fingerprint density at radius 3 is 2.12 bits per heavy atom. The summed E-state index contributed by atoms with van der Waals surface area (Å²) in [7, 11) is 1.74. The topological polar surface area (TPSA) is 15.7 Å². The maximum absolute atomic E-state index is 5.42. The minimum absolute atomic E-state index is 0.987. The average molecular weight is 324 g/mol. The summed E-state index contributed by atoms with van der Waals surface area (Å²) in [5.41, 5.74) is 6.69. The number of rotatable bonds is 4. The highest BCUT2D eigenvalue weighted by Gasteiger charge is 2.18. The van der Waals surface area contributed by atoms with Crippen LogP contribution in [0.25, 0.3) is 0 Å². The molecule has 1 saturated heterocycles. The van der Waals surface area contributed by atoms with Crippen LogP contribution in [-0.4, -0.2) is 38.2 Å². The molecule has 0 atom stereocenters. The zero-order valence-electron chi connectivity index (χ0n) is 15.3. The number of piperazine rings is 1. The fourth-order valence-electron chi connectivity index (χ4n) is 3.41. The molecule has 0 bridgehead atoms. The molecule has 1 heterocycles. The molecule has 0 saturated carbocycles. The molecular formula is C21H28N2O. The van der Waals surface area contributed by atoms with E-state index in [9.17, 15) is 0 Å². The van der Waals surface area contributed by atoms with Crippen LogP contribution in [0.2, 0.25) is 0 Å². The number of hydrogen-bond donors (Lipinski definition) is 0. The van der Waals surface area contributed by atoms with Crippen molar-refractivity contribution < 1.29 is 4.74 Å². The molecule has 1 fully saturated rings. The highest BCUT2D eigenvalue weighted by molar-refractivity contribution is 5.48. The van der Waals surface area contributed by atoms with Gasteiger partial charge in [0.2, 0.25) is 0 Å². The molecule has 0 aromatic heterocycles. The Hall–Kier alpha value is -2.00. The third kappa shape index (κ3) is 3.57. The number of nitrogens with zero attached hydrogens (tertiary/aromatic N) is 2. The standard InChI is InChI=1S/C21H28N2O/c1-16-5-8-20(9-6-16)23-13-11-22(12-14-23)15-19-7-10-21(24-4)18(3)17(19)2/h5-10H,11-15H2,1-4H3. The molecular weight excluding hydrogens is 296 g/mol. The Morgan fingerprint density at radius 1 is 0.833 bits per heavy atom. The number of benzene rings is 2. The van der Waals surface area contributed by atoms with Crippen molar-refractivity contribution in [2.24, 2.45) is 0 Å². The second-order valence-electron chi connectivity index (χ2n) is 6.78. The van der Waals surface area contributed by atoms with Crippen molar-refractivity contribution in [3.8, 4) is 5.75 Å². The molecule has 3 rings (SSSR count). The zero-order valence-corrected chi connectivity index (χ0v) is 15.3. The summed E-state index contributed by atoms with van der Waals surface area (Å²) < 4.78 is 5.42. The first-order chi connectivity index (χ1) is 11.6. The minimum atomic E-state index is 0.987. The van der Waals surface area contributed by atoms with Gasteiger partial charge in [0.25, 0.3) is 0 Å². The van der Waals surface area contributed by atoms with Gasteiger partial charge in [0.15, 0.2) is 0 Å². The van der Waals surface area contributed by atoms with Crippen LogP contribution in [-0.2, 0) is 6.54 Å². The van der Waals surface area contributed by atoms with Gasteiger partial charge in [0, 0.05) is 38.4 Å². The predicted octanol–water partition coefficient (Wildman–Crippen LogP) is 3.94. The molecule has 0 spiro atoms. The van der Waals surface area contributed by atoms with E-state index < -0.39 is 0 Å². The van der Waals surface area contributed by atoms with Crippen LogP contribution in [0.1, 0.15) is 22.3 Å². The van der Waals surface area contributed by atoms with Crippen LogP contribution in [0.5, 0.6) is 5.75 Å². The predicted molar refractivity (Wildman–Crippen MR) is 101 cm³/mol. The zero-order chi connectivity index (χ0) is 17.1. The quantitative estimate of drug-likeness (QED) is 0.847. The Bertz CT molecular complexity index is 686. The van der Waals surface area contributed by atoms with Gasteiger partial charge in [-0.15, -0.1) is 0 Å². The molecule has 2 aromatic carbocycles. The SMILES string of the molecule is COc1ccc(CN2CCN(c3ccc(C)cc3)CC2)c(C)c1C. The first-order valence-corrected chi connectivity index (χ1v) is 8.75. The second-order valence-corrected chi connectivity index (χ2v) is 6.78. The van der Waals surface area contributed by atoms with Crippen molar-refractivity contribution in [3.05, 3.63) is 58.7 Å². The molecule has 1 aliphatic rings. The molecule has 0 aliphatic carbocycles. The number of ether oxygens (including phenoxy) is 1. The Kier molecular flexibility index (Phi) is 5.10. The molecule has 3 nitrogen and oxygen atoms in total. The lowest BCUT2D eigenvalue weighted by Crippen LogP contribution is -2.46. The fraction of sp³-hybridized carbons (Fsp3) is 0.429. The van der Waals surface area contributed by atoms with Gasteiger partial charge < -0.3 is 9.64 Å². The van der Waals surface area contributed by atoms with Gasteiger partial charge in [-0.2, -0.15) is 0 Å². The van der Waals surface area contributed by atoms with E-state index in [1.807, 2.05) is 0 Å². The lowest BCUT2D eigenvalue weighted by Gasteiger charge is -2.36. The summed E-state index contributed by atoms with van der Waals surface area (Å²) in [5, 5.41) is 0. The summed E-state index contributed by atoms with van der Waals surface area (Å²) in [6.45, 7) is 11.9. The van der Waals surface area contributed by atoms with E-state index in [2.05, 4.69) is 67.0 Å². The van der Waals surface area contributed by atoms with Gasteiger partial charge >= 0.3 is 0 Å². The summed E-state index contributed by atoms with van der Waals surface area (Å²) in [6.07, 6.45) is 0. The van der Waals surface area contributed by atoms with Crippen LogP contribution in [0.3, 0.4) is 0 Å². The summed E-state index contributed by atoms with van der Waals surface area (Å²) in [4.78, 5) is 5.04. The van der Waals surface area contributed by atoms with Crippen LogP contribution in [0.4, 0.5) is 5.69 Å². The van der Waals surface area contributed by atoms with Crippen molar-refractivity contribution >= 4 is 5.69 Å². The first kappa shape index (κ1) is 16.8. The Morgan fingerprint density at radius 2 is 1.50 bits per heavy atom. The van der Waals surface area contributed by atoms with Crippen LogP contribution in [0.15, 0.2) is 36.4 Å². The Balaban J connectivity index is 1.61. The van der Waals surface area contributed by atoms with Crippen molar-refractivity contribution in [2.75, 3.05) is 38.2 Å². The molecule has 0 radical (unpaired) electrons. The lowest BCUT2D eigenvalue weighted by molar-refractivity contribution is 0.249. The number of aryl methyl sites for hydroxylation is 1. The van der Waals surface area contributed by atoms with Crippen LogP contribution in [0, 0.1) is 20.8 Å². The van der Waals surface area contributed by atoms with E-state index in [1.54, 1.807) is 7.11 Å². The highest BCUT2D eigenvalue weighted by atomic mass is 16.5. The van der Waals surface area contributed by atoms with Crippen molar-refractivity contribution in [3.63, 3.8) is 0 Å².